The highest BCUT2D eigenvalue weighted by molar-refractivity contribution is 7.92. The van der Waals surface area contributed by atoms with Crippen molar-refractivity contribution in [3.05, 3.63) is 89.5 Å². The normalized spacial score (nSPS) is 11.0. The van der Waals surface area contributed by atoms with Gasteiger partial charge in [-0.15, -0.1) is 0 Å². The van der Waals surface area contributed by atoms with E-state index in [-0.39, 0.29) is 22.6 Å². The summed E-state index contributed by atoms with van der Waals surface area (Å²) in [6.07, 6.45) is 0.282. The monoisotopic (exact) mass is 397 g/mol. The Morgan fingerprint density at radius 2 is 1.64 bits per heavy atom. The molecule has 144 valence electrons. The Morgan fingerprint density at radius 1 is 0.964 bits per heavy atom. The van der Waals surface area contributed by atoms with Crippen molar-refractivity contribution in [1.82, 2.24) is 0 Å². The molecule has 0 aliphatic carbocycles. The molecule has 0 radical (unpaired) electrons. The molecule has 0 aliphatic heterocycles. The van der Waals surface area contributed by atoms with Crippen molar-refractivity contribution in [3.8, 4) is 5.75 Å². The topological polar surface area (TPSA) is 92.7 Å². The average molecular weight is 397 g/mol. The van der Waals surface area contributed by atoms with Gasteiger partial charge in [0.15, 0.2) is 0 Å². The maximum atomic E-state index is 12.8. The number of sulfonamides is 1. The smallest absolute Gasteiger partial charge is 0.336 e. The molecule has 0 aliphatic rings. The first kappa shape index (κ1) is 19.4. The first-order chi connectivity index (χ1) is 13.4. The molecule has 3 aromatic rings. The summed E-state index contributed by atoms with van der Waals surface area (Å²) in [5.41, 5.74) is 1.57. The molecule has 0 unspecified atom stereocenters. The lowest BCUT2D eigenvalue weighted by Gasteiger charge is -2.15. The van der Waals surface area contributed by atoms with Crippen molar-refractivity contribution < 1.29 is 23.1 Å². The molecule has 0 saturated heterocycles. The van der Waals surface area contributed by atoms with E-state index in [1.54, 1.807) is 18.2 Å². The number of carboxylic acid groups (broad SMARTS) is 1. The van der Waals surface area contributed by atoms with E-state index in [0.717, 1.165) is 5.56 Å². The van der Waals surface area contributed by atoms with Crippen LogP contribution < -0.4 is 9.46 Å². The van der Waals surface area contributed by atoms with Gasteiger partial charge in [0, 0.05) is 6.42 Å². The summed E-state index contributed by atoms with van der Waals surface area (Å²) in [4.78, 5) is 11.7. The summed E-state index contributed by atoms with van der Waals surface area (Å²) in [6.45, 7) is 0. The predicted octanol–water partition coefficient (Wildman–Crippen LogP) is 3.79. The van der Waals surface area contributed by atoms with E-state index < -0.39 is 16.0 Å². The zero-order chi connectivity index (χ0) is 20.1. The largest absolute Gasteiger partial charge is 0.497 e. The van der Waals surface area contributed by atoms with E-state index in [2.05, 4.69) is 4.72 Å². The van der Waals surface area contributed by atoms with Crippen LogP contribution in [0.4, 0.5) is 5.69 Å². The van der Waals surface area contributed by atoms with Gasteiger partial charge < -0.3 is 9.84 Å². The number of aromatic carboxylic acids is 1. The Balaban J connectivity index is 2.00. The van der Waals surface area contributed by atoms with Gasteiger partial charge in [0.1, 0.15) is 5.75 Å². The summed E-state index contributed by atoms with van der Waals surface area (Å²) in [5.74, 6) is -0.576. The van der Waals surface area contributed by atoms with E-state index in [4.69, 9.17) is 4.74 Å². The third-order valence-corrected chi connectivity index (χ3v) is 5.63. The summed E-state index contributed by atoms with van der Waals surface area (Å²) >= 11 is 0. The number of carboxylic acids is 1. The van der Waals surface area contributed by atoms with Gasteiger partial charge in [-0.3, -0.25) is 4.72 Å². The summed E-state index contributed by atoms with van der Waals surface area (Å²) in [7, 11) is -2.40. The molecular weight excluding hydrogens is 378 g/mol. The number of hydrogen-bond acceptors (Lipinski definition) is 4. The van der Waals surface area contributed by atoms with Crippen LogP contribution in [0.25, 0.3) is 0 Å². The van der Waals surface area contributed by atoms with Crippen molar-refractivity contribution in [2.24, 2.45) is 0 Å². The highest BCUT2D eigenvalue weighted by Crippen LogP contribution is 2.27. The fraction of sp³-hybridized carbons (Fsp3) is 0.0952. The minimum absolute atomic E-state index is 0.0544. The Labute approximate surface area is 163 Å². The van der Waals surface area contributed by atoms with Gasteiger partial charge >= 0.3 is 5.97 Å². The minimum Gasteiger partial charge on any atom is -0.497 e. The van der Waals surface area contributed by atoms with Crippen LogP contribution in [0.1, 0.15) is 21.5 Å². The van der Waals surface area contributed by atoms with Gasteiger partial charge in [-0.25, -0.2) is 13.2 Å². The Bertz CT molecular complexity index is 1080. The van der Waals surface area contributed by atoms with Crippen molar-refractivity contribution in [2.75, 3.05) is 11.8 Å². The predicted molar refractivity (Wildman–Crippen MR) is 106 cm³/mol. The molecule has 0 atom stereocenters. The van der Waals surface area contributed by atoms with Crippen LogP contribution in [0.15, 0.2) is 77.7 Å². The summed E-state index contributed by atoms with van der Waals surface area (Å²) in [5, 5.41) is 9.55. The Hall–Kier alpha value is -3.32. The van der Waals surface area contributed by atoms with Crippen molar-refractivity contribution >= 4 is 21.7 Å². The van der Waals surface area contributed by atoms with E-state index in [0.29, 0.717) is 11.3 Å². The molecule has 0 bridgehead atoms. The second-order valence-corrected chi connectivity index (χ2v) is 7.76. The molecule has 3 rings (SSSR count). The molecule has 28 heavy (non-hydrogen) atoms. The van der Waals surface area contributed by atoms with Gasteiger partial charge in [-0.05, 0) is 47.5 Å². The van der Waals surface area contributed by atoms with Crippen LogP contribution >= 0.6 is 0 Å². The summed E-state index contributed by atoms with van der Waals surface area (Å²) < 4.78 is 33.1. The second-order valence-electron chi connectivity index (χ2n) is 6.08. The quantitative estimate of drug-likeness (QED) is 0.633. The maximum Gasteiger partial charge on any atom is 0.336 e. The van der Waals surface area contributed by atoms with E-state index in [1.807, 2.05) is 30.3 Å². The number of nitrogens with one attached hydrogen (secondary N) is 1. The maximum absolute atomic E-state index is 12.8. The molecule has 2 N–H and O–H groups in total. The van der Waals surface area contributed by atoms with Gasteiger partial charge in [0.25, 0.3) is 10.0 Å². The standard InChI is InChI=1S/C21H19NO5S/c1-27-16-10-12-17(13-11-16)28(25,26)22-20-9-5-8-18(21(23)24)19(20)14-15-6-3-2-4-7-15/h2-13,22H,14H2,1H3,(H,23,24). The number of hydrogen-bond donors (Lipinski definition) is 2. The first-order valence-electron chi connectivity index (χ1n) is 8.46. The third-order valence-electron chi connectivity index (χ3n) is 4.24. The first-order valence-corrected chi connectivity index (χ1v) is 9.95. The zero-order valence-corrected chi connectivity index (χ0v) is 15.9. The Kier molecular flexibility index (Phi) is 5.65. The number of anilines is 1. The third kappa shape index (κ3) is 4.32. The summed E-state index contributed by atoms with van der Waals surface area (Å²) in [6, 6.07) is 19.8. The van der Waals surface area contributed by atoms with Crippen molar-refractivity contribution in [1.29, 1.82) is 0 Å². The number of methoxy groups -OCH3 is 1. The fourth-order valence-electron chi connectivity index (χ4n) is 2.83. The molecular formula is C21H19NO5S. The number of benzene rings is 3. The minimum atomic E-state index is -3.89. The molecule has 0 amide bonds. The van der Waals surface area contributed by atoms with E-state index >= 15 is 0 Å². The van der Waals surface area contributed by atoms with Crippen LogP contribution in [0, 0.1) is 0 Å². The lowest BCUT2D eigenvalue weighted by molar-refractivity contribution is 0.0696. The number of rotatable bonds is 7. The number of carbonyl (C=O) groups is 1. The zero-order valence-electron chi connectivity index (χ0n) is 15.1. The van der Waals surface area contributed by atoms with Crippen LogP contribution in [0.3, 0.4) is 0 Å². The van der Waals surface area contributed by atoms with Gasteiger partial charge in [-0.1, -0.05) is 36.4 Å². The van der Waals surface area contributed by atoms with E-state index in [1.165, 1.54) is 31.4 Å². The second kappa shape index (κ2) is 8.14. The number of ether oxygens (including phenoxy) is 1. The highest BCUT2D eigenvalue weighted by Gasteiger charge is 2.20. The van der Waals surface area contributed by atoms with Crippen LogP contribution in [-0.2, 0) is 16.4 Å². The van der Waals surface area contributed by atoms with Crippen LogP contribution in [-0.4, -0.2) is 26.6 Å². The fourth-order valence-corrected chi connectivity index (χ4v) is 3.92. The van der Waals surface area contributed by atoms with Gasteiger partial charge in [0.2, 0.25) is 0 Å². The average Bonchev–Trinajstić information content (AvgIpc) is 2.69. The van der Waals surface area contributed by atoms with Crippen LogP contribution in [0.5, 0.6) is 5.75 Å². The lowest BCUT2D eigenvalue weighted by atomic mass is 9.98. The van der Waals surface area contributed by atoms with Gasteiger partial charge in [0.05, 0.1) is 23.3 Å². The van der Waals surface area contributed by atoms with Crippen molar-refractivity contribution in [3.63, 3.8) is 0 Å². The molecule has 3 aromatic carbocycles. The molecule has 0 heterocycles. The van der Waals surface area contributed by atoms with Gasteiger partial charge in [-0.2, -0.15) is 0 Å². The molecule has 0 spiro atoms. The molecule has 0 saturated carbocycles. The highest BCUT2D eigenvalue weighted by atomic mass is 32.2. The molecule has 6 nitrogen and oxygen atoms in total. The molecule has 7 heteroatoms. The van der Waals surface area contributed by atoms with Crippen molar-refractivity contribution in [2.45, 2.75) is 11.3 Å². The Morgan fingerprint density at radius 3 is 2.25 bits per heavy atom. The lowest BCUT2D eigenvalue weighted by Crippen LogP contribution is -2.16. The van der Waals surface area contributed by atoms with E-state index in [9.17, 15) is 18.3 Å². The molecule has 0 aromatic heterocycles. The SMILES string of the molecule is COc1ccc(S(=O)(=O)Nc2cccc(C(=O)O)c2Cc2ccccc2)cc1. The van der Waals surface area contributed by atoms with Crippen LogP contribution in [0.2, 0.25) is 0 Å². The molecule has 0 fully saturated rings.